The van der Waals surface area contributed by atoms with E-state index in [9.17, 15) is 0 Å². The maximum absolute atomic E-state index is 2.86. The fourth-order valence-corrected chi connectivity index (χ4v) is 10.0. The molecule has 0 aromatic heterocycles. The van der Waals surface area contributed by atoms with Gasteiger partial charge in [-0.3, -0.25) is 0 Å². The summed E-state index contributed by atoms with van der Waals surface area (Å²) in [4.78, 5) is 5.62. The van der Waals surface area contributed by atoms with Crippen molar-refractivity contribution in [3.63, 3.8) is 0 Å². The van der Waals surface area contributed by atoms with Gasteiger partial charge in [0.15, 0.2) is 0 Å². The molecule has 0 bridgehead atoms. The van der Waals surface area contributed by atoms with Gasteiger partial charge in [0, 0.05) is 39.1 Å². The zero-order valence-electron chi connectivity index (χ0n) is 27.2. The first-order valence-electron chi connectivity index (χ1n) is 16.5. The quantitative estimate of drug-likeness (QED) is 0.198. The van der Waals surface area contributed by atoms with Crippen LogP contribution in [0.4, 0.5) is 22.7 Å². The molecule has 0 amide bonds. The van der Waals surface area contributed by atoms with E-state index in [1.54, 1.807) is 5.56 Å². The molecule has 0 radical (unpaired) electrons. The number of anilines is 4. The zero-order chi connectivity index (χ0) is 29.8. The topological polar surface area (TPSA) is 6.48 Å². The molecule has 1 aliphatic carbocycles. The SMILES string of the molecule is Cc1cc2c3c(c1)N1c4c(cc(C(C)(C)C)cc4C4(C)CCCCC14C)B3N1c3ccccc3C(C)(C)c3cccc-2c31. The first-order valence-corrected chi connectivity index (χ1v) is 16.5. The van der Waals surface area contributed by atoms with E-state index in [2.05, 4.69) is 132 Å². The van der Waals surface area contributed by atoms with Gasteiger partial charge >= 0.3 is 6.85 Å². The van der Waals surface area contributed by atoms with Crippen molar-refractivity contribution in [3.05, 3.63) is 94.5 Å². The predicted octanol–water partition coefficient (Wildman–Crippen LogP) is 8.91. The summed E-state index contributed by atoms with van der Waals surface area (Å²) in [5.74, 6) is 0. The van der Waals surface area contributed by atoms with E-state index in [0.717, 1.165) is 0 Å². The number of para-hydroxylation sites is 2. The lowest BCUT2D eigenvalue weighted by atomic mass is 9.42. The van der Waals surface area contributed by atoms with Gasteiger partial charge in [-0.25, -0.2) is 0 Å². The van der Waals surface area contributed by atoms with Crippen LogP contribution in [0.2, 0.25) is 0 Å². The third kappa shape index (κ3) is 2.89. The van der Waals surface area contributed by atoms with E-state index >= 15 is 0 Å². The Bertz CT molecular complexity index is 1910. The molecule has 2 unspecified atom stereocenters. The molecule has 0 N–H and O–H groups in total. The highest BCUT2D eigenvalue weighted by Crippen LogP contribution is 2.63. The minimum Gasteiger partial charge on any atom is -0.376 e. The van der Waals surface area contributed by atoms with Gasteiger partial charge in [-0.05, 0) is 88.5 Å². The van der Waals surface area contributed by atoms with Gasteiger partial charge in [-0.1, -0.05) is 109 Å². The van der Waals surface area contributed by atoms with Gasteiger partial charge in [-0.15, -0.1) is 0 Å². The van der Waals surface area contributed by atoms with Crippen LogP contribution >= 0.6 is 0 Å². The molecule has 0 saturated heterocycles. The Morgan fingerprint density at radius 3 is 2.26 bits per heavy atom. The van der Waals surface area contributed by atoms with Gasteiger partial charge in [0.05, 0.1) is 5.54 Å². The number of hydrogen-bond donors (Lipinski definition) is 0. The number of benzene rings is 4. The summed E-state index contributed by atoms with van der Waals surface area (Å²) in [7, 11) is 0. The molecule has 0 spiro atoms. The van der Waals surface area contributed by atoms with Crippen LogP contribution in [0, 0.1) is 6.92 Å². The van der Waals surface area contributed by atoms with Gasteiger partial charge < -0.3 is 9.71 Å². The Balaban J connectivity index is 1.48. The number of aryl methyl sites for hydroxylation is 1. The van der Waals surface area contributed by atoms with Crippen LogP contribution in [-0.2, 0) is 16.2 Å². The molecule has 4 aromatic rings. The lowest BCUT2D eigenvalue weighted by Crippen LogP contribution is -2.65. The lowest BCUT2D eigenvalue weighted by molar-refractivity contribution is 0.195. The maximum Gasteiger partial charge on any atom is 0.333 e. The minimum absolute atomic E-state index is 0.0509. The molecule has 4 heterocycles. The number of nitrogens with zero attached hydrogens (tertiary/aromatic N) is 2. The van der Waals surface area contributed by atoms with E-state index in [-0.39, 0.29) is 28.6 Å². The first-order chi connectivity index (χ1) is 20.4. The molecule has 3 heteroatoms. The van der Waals surface area contributed by atoms with E-state index in [1.165, 1.54) is 92.7 Å². The second-order valence-electron chi connectivity index (χ2n) is 16.2. The molecular weight excluding hydrogens is 519 g/mol. The Morgan fingerprint density at radius 1 is 0.721 bits per heavy atom. The number of rotatable bonds is 0. The van der Waals surface area contributed by atoms with Crippen LogP contribution in [-0.4, -0.2) is 12.4 Å². The van der Waals surface area contributed by atoms with Gasteiger partial charge in [-0.2, -0.15) is 0 Å². The van der Waals surface area contributed by atoms with Crippen molar-refractivity contribution in [2.45, 2.75) is 103 Å². The molecule has 9 rings (SSSR count). The van der Waals surface area contributed by atoms with Crippen molar-refractivity contribution in [3.8, 4) is 11.1 Å². The lowest BCUT2D eigenvalue weighted by Gasteiger charge is -2.54. The summed E-state index contributed by atoms with van der Waals surface area (Å²) in [6.45, 7) is 19.7. The third-order valence-electron chi connectivity index (χ3n) is 12.5. The second-order valence-corrected chi connectivity index (χ2v) is 16.2. The fraction of sp³-hybridized carbons (Fsp3) is 0.400. The third-order valence-corrected chi connectivity index (χ3v) is 12.5. The molecule has 2 nitrogen and oxygen atoms in total. The molecule has 5 aliphatic rings. The molecule has 216 valence electrons. The second kappa shape index (κ2) is 7.78. The molecule has 4 aromatic carbocycles. The van der Waals surface area contributed by atoms with Crippen molar-refractivity contribution in [1.82, 2.24) is 0 Å². The highest BCUT2D eigenvalue weighted by atomic mass is 15.3. The van der Waals surface area contributed by atoms with Crippen molar-refractivity contribution in [1.29, 1.82) is 0 Å². The maximum atomic E-state index is 2.86. The van der Waals surface area contributed by atoms with E-state index < -0.39 is 0 Å². The summed E-state index contributed by atoms with van der Waals surface area (Å²) in [6.07, 6.45) is 5.10. The summed E-state index contributed by atoms with van der Waals surface area (Å²) in [5, 5.41) is 0. The normalized spacial score (nSPS) is 25.1. The fourth-order valence-electron chi connectivity index (χ4n) is 10.0. The van der Waals surface area contributed by atoms with Crippen LogP contribution in [0.1, 0.15) is 102 Å². The Morgan fingerprint density at radius 2 is 1.47 bits per heavy atom. The molecule has 2 atom stereocenters. The summed E-state index contributed by atoms with van der Waals surface area (Å²) in [6, 6.07) is 26.6. The largest absolute Gasteiger partial charge is 0.376 e. The molecule has 43 heavy (non-hydrogen) atoms. The van der Waals surface area contributed by atoms with Crippen LogP contribution in [0.5, 0.6) is 0 Å². The summed E-state index contributed by atoms with van der Waals surface area (Å²) in [5.41, 5.74) is 19.0. The Kier molecular flexibility index (Phi) is 4.71. The van der Waals surface area contributed by atoms with Gasteiger partial charge in [0.2, 0.25) is 0 Å². The highest BCUT2D eigenvalue weighted by Gasteiger charge is 2.62. The van der Waals surface area contributed by atoms with E-state index in [4.69, 9.17) is 0 Å². The monoisotopic (exact) mass is 562 g/mol. The summed E-state index contributed by atoms with van der Waals surface area (Å²) >= 11 is 0. The average molecular weight is 563 g/mol. The van der Waals surface area contributed by atoms with Crippen molar-refractivity contribution >= 4 is 40.5 Å². The Labute approximate surface area is 258 Å². The van der Waals surface area contributed by atoms with Crippen molar-refractivity contribution in [2.24, 2.45) is 0 Å². The number of hydrogen-bond acceptors (Lipinski definition) is 2. The van der Waals surface area contributed by atoms with E-state index in [0.29, 0.717) is 0 Å². The van der Waals surface area contributed by atoms with Crippen molar-refractivity contribution < 1.29 is 0 Å². The van der Waals surface area contributed by atoms with Crippen LogP contribution < -0.4 is 20.6 Å². The highest BCUT2D eigenvalue weighted by molar-refractivity contribution is 6.93. The van der Waals surface area contributed by atoms with Crippen LogP contribution in [0.25, 0.3) is 11.1 Å². The van der Waals surface area contributed by atoms with Crippen LogP contribution in [0.3, 0.4) is 0 Å². The smallest absolute Gasteiger partial charge is 0.333 e. The summed E-state index contributed by atoms with van der Waals surface area (Å²) < 4.78 is 0. The van der Waals surface area contributed by atoms with Gasteiger partial charge in [0.1, 0.15) is 0 Å². The average Bonchev–Trinajstić information content (AvgIpc) is 3.18. The molecular formula is C40H43BN2. The zero-order valence-corrected chi connectivity index (χ0v) is 27.2. The molecule has 4 aliphatic heterocycles. The minimum atomic E-state index is -0.0750. The predicted molar refractivity (Wildman–Crippen MR) is 184 cm³/mol. The van der Waals surface area contributed by atoms with Crippen molar-refractivity contribution in [2.75, 3.05) is 9.71 Å². The Hall–Kier alpha value is -3.46. The van der Waals surface area contributed by atoms with E-state index in [1.807, 2.05) is 0 Å². The molecule has 1 fully saturated rings. The van der Waals surface area contributed by atoms with Crippen LogP contribution in [0.15, 0.2) is 66.7 Å². The number of fused-ring (bicyclic) bond motifs is 9. The molecule has 1 saturated carbocycles. The first kappa shape index (κ1) is 26.0. The van der Waals surface area contributed by atoms with Gasteiger partial charge in [0.25, 0.3) is 0 Å². The standard InChI is InChI=1S/C40H43BN2/c1-24-20-27-26-14-13-16-29-35(26)43(32-17-10-9-15-28(32)38(29,5)6)41-31-23-25(37(2,3)4)22-30-36(31)42(33(21-24)34(27)41)40(8)19-12-11-18-39(30,40)7/h9-10,13-17,20-23H,11-12,18-19H2,1-8H3.